The lowest BCUT2D eigenvalue weighted by molar-refractivity contribution is -0.137. The Balaban J connectivity index is 2.04. The van der Waals surface area contributed by atoms with E-state index in [1.165, 1.54) is 0 Å². The Labute approximate surface area is 123 Å². The van der Waals surface area contributed by atoms with Gasteiger partial charge in [0, 0.05) is 11.8 Å². The number of carbonyl (C=O) groups is 2. The maximum absolute atomic E-state index is 12.7. The fraction of sp³-hybridized carbons (Fsp3) is 0.467. The van der Waals surface area contributed by atoms with E-state index in [0.717, 1.165) is 0 Å². The van der Waals surface area contributed by atoms with E-state index in [1.807, 2.05) is 6.92 Å². The van der Waals surface area contributed by atoms with Gasteiger partial charge in [-0.15, -0.1) is 0 Å². The number of rotatable bonds is 2. The Morgan fingerprint density at radius 1 is 1.29 bits per heavy atom. The van der Waals surface area contributed by atoms with Crippen molar-refractivity contribution in [2.75, 3.05) is 11.7 Å². The molecule has 2 aliphatic heterocycles. The van der Waals surface area contributed by atoms with Crippen LogP contribution in [-0.4, -0.2) is 30.2 Å². The summed E-state index contributed by atoms with van der Waals surface area (Å²) >= 11 is 0. The molecule has 2 aliphatic rings. The molecule has 0 saturated carbocycles. The Hall–Kier alpha value is -2.24. The summed E-state index contributed by atoms with van der Waals surface area (Å²) in [7, 11) is 0. The van der Waals surface area contributed by atoms with E-state index in [4.69, 9.17) is 9.47 Å². The van der Waals surface area contributed by atoms with Crippen molar-refractivity contribution in [3.8, 4) is 11.5 Å². The van der Waals surface area contributed by atoms with Crippen molar-refractivity contribution in [1.82, 2.24) is 5.32 Å². The molecule has 2 heterocycles. The first-order chi connectivity index (χ1) is 9.94. The largest absolute Gasteiger partial charge is 0.454 e. The van der Waals surface area contributed by atoms with Gasteiger partial charge in [-0.1, -0.05) is 6.92 Å². The molecule has 6 heteroatoms. The van der Waals surface area contributed by atoms with Crippen LogP contribution in [0.3, 0.4) is 0 Å². The van der Waals surface area contributed by atoms with Gasteiger partial charge in [0.2, 0.25) is 12.7 Å². The number of benzene rings is 1. The van der Waals surface area contributed by atoms with Gasteiger partial charge in [-0.2, -0.15) is 0 Å². The Bertz CT molecular complexity index is 612. The summed E-state index contributed by atoms with van der Waals surface area (Å²) in [5.74, 6) is 0.978. The average Bonchev–Trinajstić information content (AvgIpc) is 2.89. The van der Waals surface area contributed by atoms with E-state index >= 15 is 0 Å². The number of nitrogens with one attached hydrogen (secondary N) is 1. The van der Waals surface area contributed by atoms with Crippen LogP contribution in [-0.2, 0) is 9.59 Å². The highest BCUT2D eigenvalue weighted by Crippen LogP contribution is 2.37. The number of anilines is 1. The molecule has 0 aliphatic carbocycles. The summed E-state index contributed by atoms with van der Waals surface area (Å²) in [5, 5.41) is 2.77. The summed E-state index contributed by atoms with van der Waals surface area (Å²) in [6, 6.07) is 4.78. The van der Waals surface area contributed by atoms with Gasteiger partial charge < -0.3 is 14.8 Å². The van der Waals surface area contributed by atoms with Crippen LogP contribution in [0.4, 0.5) is 5.69 Å². The molecule has 1 N–H and O–H groups in total. The highest BCUT2D eigenvalue weighted by atomic mass is 16.7. The van der Waals surface area contributed by atoms with Crippen molar-refractivity contribution in [1.29, 1.82) is 0 Å². The van der Waals surface area contributed by atoms with E-state index in [2.05, 4.69) is 5.32 Å². The molecule has 1 aromatic rings. The predicted octanol–water partition coefficient (Wildman–Crippen LogP) is 1.44. The molecular weight excluding hydrogens is 272 g/mol. The second-order valence-corrected chi connectivity index (χ2v) is 5.75. The van der Waals surface area contributed by atoms with Gasteiger partial charge in [-0.05, 0) is 32.4 Å². The number of amides is 2. The number of nitrogens with zero attached hydrogens (tertiary/aromatic N) is 1. The third kappa shape index (κ3) is 2.11. The van der Waals surface area contributed by atoms with Gasteiger partial charge >= 0.3 is 0 Å². The fourth-order valence-electron chi connectivity index (χ4n) is 2.70. The monoisotopic (exact) mass is 290 g/mol. The van der Waals surface area contributed by atoms with Gasteiger partial charge in [-0.3, -0.25) is 14.5 Å². The minimum atomic E-state index is -0.918. The highest BCUT2D eigenvalue weighted by Gasteiger charge is 2.45. The van der Waals surface area contributed by atoms with Gasteiger partial charge in [0.05, 0.1) is 0 Å². The lowest BCUT2D eigenvalue weighted by Crippen LogP contribution is -2.68. The average molecular weight is 290 g/mol. The van der Waals surface area contributed by atoms with Gasteiger partial charge in [0.15, 0.2) is 11.5 Å². The maximum Gasteiger partial charge on any atom is 0.252 e. The lowest BCUT2D eigenvalue weighted by atomic mass is 9.95. The van der Waals surface area contributed by atoms with E-state index in [0.29, 0.717) is 23.6 Å². The van der Waals surface area contributed by atoms with Crippen LogP contribution >= 0.6 is 0 Å². The fourth-order valence-corrected chi connectivity index (χ4v) is 2.70. The van der Waals surface area contributed by atoms with Crippen LogP contribution < -0.4 is 19.7 Å². The lowest BCUT2D eigenvalue weighted by Gasteiger charge is -2.42. The Morgan fingerprint density at radius 2 is 2.00 bits per heavy atom. The molecule has 1 saturated heterocycles. The predicted molar refractivity (Wildman–Crippen MR) is 76.4 cm³/mol. The number of fused-ring (bicyclic) bond motifs is 1. The number of piperazine rings is 1. The zero-order valence-corrected chi connectivity index (χ0v) is 12.3. The van der Waals surface area contributed by atoms with Gasteiger partial charge in [-0.25, -0.2) is 0 Å². The topological polar surface area (TPSA) is 67.9 Å². The Kier molecular flexibility index (Phi) is 3.04. The first kappa shape index (κ1) is 13.7. The first-order valence-corrected chi connectivity index (χ1v) is 6.99. The highest BCUT2D eigenvalue weighted by molar-refractivity contribution is 6.10. The summed E-state index contributed by atoms with van der Waals surface area (Å²) in [4.78, 5) is 26.5. The standard InChI is InChI=1S/C15H18N2O4/c1-4-10-13(18)16-15(2,3)14(19)17(10)9-5-6-11-12(7-9)21-8-20-11/h5-7,10H,4,8H2,1-3H3,(H,16,18). The van der Waals surface area contributed by atoms with Crippen LogP contribution in [0.2, 0.25) is 0 Å². The molecule has 2 amide bonds. The van der Waals surface area contributed by atoms with Crippen LogP contribution in [0.25, 0.3) is 0 Å². The van der Waals surface area contributed by atoms with Crippen molar-refractivity contribution in [3.63, 3.8) is 0 Å². The Morgan fingerprint density at radius 3 is 2.71 bits per heavy atom. The molecule has 1 fully saturated rings. The first-order valence-electron chi connectivity index (χ1n) is 6.99. The van der Waals surface area contributed by atoms with E-state index in [-0.39, 0.29) is 18.6 Å². The molecule has 21 heavy (non-hydrogen) atoms. The van der Waals surface area contributed by atoms with E-state index < -0.39 is 11.6 Å². The van der Waals surface area contributed by atoms with Crippen molar-refractivity contribution in [2.45, 2.75) is 38.8 Å². The molecule has 0 radical (unpaired) electrons. The summed E-state index contributed by atoms with van der Waals surface area (Å²) in [6.45, 7) is 5.48. The SMILES string of the molecule is CCC1C(=O)NC(C)(C)C(=O)N1c1ccc2c(c1)OCO2. The maximum atomic E-state index is 12.7. The van der Waals surface area contributed by atoms with Crippen molar-refractivity contribution in [3.05, 3.63) is 18.2 Å². The second kappa shape index (κ2) is 4.65. The third-order valence-corrected chi connectivity index (χ3v) is 3.82. The number of hydrogen-bond donors (Lipinski definition) is 1. The molecule has 0 aromatic heterocycles. The van der Waals surface area contributed by atoms with E-state index in [9.17, 15) is 9.59 Å². The molecule has 6 nitrogen and oxygen atoms in total. The number of hydrogen-bond acceptors (Lipinski definition) is 4. The molecule has 112 valence electrons. The van der Waals surface area contributed by atoms with Crippen LogP contribution in [0.1, 0.15) is 27.2 Å². The molecule has 0 spiro atoms. The third-order valence-electron chi connectivity index (χ3n) is 3.82. The normalized spacial score (nSPS) is 23.2. The molecule has 1 aromatic carbocycles. The number of carbonyl (C=O) groups excluding carboxylic acids is 2. The molecule has 0 bridgehead atoms. The minimum Gasteiger partial charge on any atom is -0.454 e. The zero-order valence-electron chi connectivity index (χ0n) is 12.3. The quantitative estimate of drug-likeness (QED) is 0.895. The van der Waals surface area contributed by atoms with Crippen LogP contribution in [0.5, 0.6) is 11.5 Å². The summed E-state index contributed by atoms with van der Waals surface area (Å²) in [6.07, 6.45) is 0.544. The van der Waals surface area contributed by atoms with Gasteiger partial charge in [0.25, 0.3) is 5.91 Å². The smallest absolute Gasteiger partial charge is 0.252 e. The van der Waals surface area contributed by atoms with E-state index in [1.54, 1.807) is 36.9 Å². The molecule has 1 atom stereocenters. The van der Waals surface area contributed by atoms with Gasteiger partial charge in [0.1, 0.15) is 11.6 Å². The zero-order chi connectivity index (χ0) is 15.2. The van der Waals surface area contributed by atoms with Crippen LogP contribution in [0, 0.1) is 0 Å². The minimum absolute atomic E-state index is 0.132. The van der Waals surface area contributed by atoms with Crippen molar-refractivity contribution < 1.29 is 19.1 Å². The molecule has 1 unspecified atom stereocenters. The summed E-state index contributed by atoms with van der Waals surface area (Å²) < 4.78 is 10.6. The molecular formula is C15H18N2O4. The second-order valence-electron chi connectivity index (χ2n) is 5.75. The van der Waals surface area contributed by atoms with Crippen LogP contribution in [0.15, 0.2) is 18.2 Å². The number of ether oxygens (including phenoxy) is 2. The molecule has 3 rings (SSSR count). The van der Waals surface area contributed by atoms with Crippen molar-refractivity contribution >= 4 is 17.5 Å². The van der Waals surface area contributed by atoms with Crippen molar-refractivity contribution in [2.24, 2.45) is 0 Å². The summed E-state index contributed by atoms with van der Waals surface area (Å²) in [5.41, 5.74) is -0.266.